The maximum atomic E-state index is 12.8. The number of carbonyl (C=O) groups excluding carboxylic acids is 1. The van der Waals surface area contributed by atoms with Gasteiger partial charge in [-0.05, 0) is 24.6 Å². The van der Waals surface area contributed by atoms with Crippen molar-refractivity contribution in [1.82, 2.24) is 14.1 Å². The number of amides is 1. The van der Waals surface area contributed by atoms with E-state index in [0.717, 1.165) is 0 Å². The number of alkyl halides is 3. The molecule has 1 aliphatic heterocycles. The molecule has 0 radical (unpaired) electrons. The van der Waals surface area contributed by atoms with Crippen molar-refractivity contribution in [2.24, 2.45) is 0 Å². The van der Waals surface area contributed by atoms with E-state index in [1.807, 2.05) is 0 Å². The zero-order valence-corrected chi connectivity index (χ0v) is 16.9. The molecule has 0 spiro atoms. The Morgan fingerprint density at radius 2 is 1.79 bits per heavy atom. The van der Waals surface area contributed by atoms with Crippen molar-refractivity contribution in [2.45, 2.75) is 31.3 Å². The first kappa shape index (κ1) is 22.6. The van der Waals surface area contributed by atoms with Crippen LogP contribution in [0.5, 0.6) is 0 Å². The van der Waals surface area contributed by atoms with Gasteiger partial charge in [0, 0.05) is 44.8 Å². The lowest BCUT2D eigenvalue weighted by Crippen LogP contribution is -2.38. The molecule has 1 fully saturated rings. The summed E-state index contributed by atoms with van der Waals surface area (Å²) in [5.41, 5.74) is 0.220. The van der Waals surface area contributed by atoms with Crippen LogP contribution in [0.2, 0.25) is 0 Å². The zero-order chi connectivity index (χ0) is 20.9. The van der Waals surface area contributed by atoms with Crippen LogP contribution in [0.1, 0.15) is 30.6 Å². The normalized spacial score (nSPS) is 17.0. The molecule has 28 heavy (non-hydrogen) atoms. The molecule has 1 heterocycles. The summed E-state index contributed by atoms with van der Waals surface area (Å²) in [5.74, 6) is -0.370. The van der Waals surface area contributed by atoms with Crippen molar-refractivity contribution in [3.05, 3.63) is 29.8 Å². The van der Waals surface area contributed by atoms with Gasteiger partial charge in [0.25, 0.3) is 5.91 Å². The molecule has 0 atom stereocenters. The van der Waals surface area contributed by atoms with Crippen LogP contribution in [0.25, 0.3) is 0 Å². The molecular formula is C18H26F3N3O3S. The van der Waals surface area contributed by atoms with Gasteiger partial charge in [0.05, 0.1) is 11.4 Å². The molecule has 0 N–H and O–H groups in total. The highest BCUT2D eigenvalue weighted by atomic mass is 32.2. The lowest BCUT2D eigenvalue weighted by atomic mass is 10.2. The molecular weight excluding hydrogens is 395 g/mol. The number of nitrogens with zero attached hydrogens (tertiary/aromatic N) is 3. The van der Waals surface area contributed by atoms with Crippen LogP contribution in [0.15, 0.2) is 29.2 Å². The van der Waals surface area contributed by atoms with Crippen LogP contribution in [0, 0.1) is 0 Å². The standard InChI is InChI=1S/C18H26F3N3O3S/c1-3-24(4-2)28(26,27)16-8-5-7-15(13-16)17(25)23-10-6-9-22(11-12-23)14-18(19,20)21/h5,7-8,13H,3-4,6,9-12,14H2,1-2H3. The Hall–Kier alpha value is -1.65. The molecule has 0 saturated carbocycles. The van der Waals surface area contributed by atoms with E-state index in [4.69, 9.17) is 0 Å². The quantitative estimate of drug-likeness (QED) is 0.708. The lowest BCUT2D eigenvalue weighted by Gasteiger charge is -2.23. The van der Waals surface area contributed by atoms with E-state index >= 15 is 0 Å². The smallest absolute Gasteiger partial charge is 0.337 e. The minimum atomic E-state index is -4.27. The average Bonchev–Trinajstić information content (AvgIpc) is 2.86. The molecule has 1 aromatic rings. The van der Waals surface area contributed by atoms with Gasteiger partial charge in [-0.1, -0.05) is 19.9 Å². The predicted molar refractivity (Wildman–Crippen MR) is 99.6 cm³/mol. The highest BCUT2D eigenvalue weighted by molar-refractivity contribution is 7.89. The molecule has 0 aromatic heterocycles. The first-order valence-corrected chi connectivity index (χ1v) is 10.7. The number of hydrogen-bond donors (Lipinski definition) is 0. The van der Waals surface area contributed by atoms with E-state index in [0.29, 0.717) is 26.1 Å². The lowest BCUT2D eigenvalue weighted by molar-refractivity contribution is -0.145. The maximum absolute atomic E-state index is 12.8. The van der Waals surface area contributed by atoms with Gasteiger partial charge < -0.3 is 4.90 Å². The molecule has 1 aliphatic rings. The largest absolute Gasteiger partial charge is 0.401 e. The summed E-state index contributed by atoms with van der Waals surface area (Å²) in [6, 6.07) is 5.83. The second-order valence-corrected chi connectivity index (χ2v) is 8.59. The molecule has 1 amide bonds. The van der Waals surface area contributed by atoms with Crippen molar-refractivity contribution in [2.75, 3.05) is 45.8 Å². The van der Waals surface area contributed by atoms with Gasteiger partial charge in [0.1, 0.15) is 0 Å². The number of benzene rings is 1. The number of carbonyl (C=O) groups is 1. The summed E-state index contributed by atoms with van der Waals surface area (Å²) >= 11 is 0. The minimum Gasteiger partial charge on any atom is -0.337 e. The van der Waals surface area contributed by atoms with E-state index in [-0.39, 0.29) is 36.0 Å². The van der Waals surface area contributed by atoms with E-state index in [1.54, 1.807) is 13.8 Å². The van der Waals surface area contributed by atoms with Gasteiger partial charge >= 0.3 is 6.18 Å². The first-order chi connectivity index (χ1) is 13.1. The van der Waals surface area contributed by atoms with Gasteiger partial charge in [-0.25, -0.2) is 8.42 Å². The number of rotatable bonds is 6. The van der Waals surface area contributed by atoms with Crippen molar-refractivity contribution in [3.8, 4) is 0 Å². The molecule has 2 rings (SSSR count). The Balaban J connectivity index is 2.15. The Labute approximate surface area is 164 Å². The predicted octanol–water partition coefficient (Wildman–Crippen LogP) is 2.43. The summed E-state index contributed by atoms with van der Waals surface area (Å²) < 4.78 is 64.4. The molecule has 1 saturated heterocycles. The van der Waals surface area contributed by atoms with Gasteiger partial charge in [-0.15, -0.1) is 0 Å². The zero-order valence-electron chi connectivity index (χ0n) is 16.1. The second kappa shape index (κ2) is 9.23. The van der Waals surface area contributed by atoms with E-state index < -0.39 is 22.7 Å². The fourth-order valence-corrected chi connectivity index (χ4v) is 4.77. The third-order valence-corrected chi connectivity index (χ3v) is 6.75. The number of halogens is 3. The highest BCUT2D eigenvalue weighted by Gasteiger charge is 2.32. The summed E-state index contributed by atoms with van der Waals surface area (Å²) in [7, 11) is -3.69. The molecule has 0 aliphatic carbocycles. The van der Waals surface area contributed by atoms with Gasteiger partial charge in [0.2, 0.25) is 10.0 Å². The van der Waals surface area contributed by atoms with Crippen LogP contribution < -0.4 is 0 Å². The summed E-state index contributed by atoms with van der Waals surface area (Å²) in [6.07, 6.45) is -3.84. The number of hydrogen-bond acceptors (Lipinski definition) is 4. The van der Waals surface area contributed by atoms with Gasteiger partial charge in [0.15, 0.2) is 0 Å². The van der Waals surface area contributed by atoms with Crippen LogP contribution in [0.3, 0.4) is 0 Å². The second-order valence-electron chi connectivity index (χ2n) is 6.65. The van der Waals surface area contributed by atoms with Crippen LogP contribution >= 0.6 is 0 Å². The van der Waals surface area contributed by atoms with E-state index in [2.05, 4.69) is 0 Å². The van der Waals surface area contributed by atoms with Crippen molar-refractivity contribution in [3.63, 3.8) is 0 Å². The Morgan fingerprint density at radius 3 is 2.39 bits per heavy atom. The van der Waals surface area contributed by atoms with Crippen LogP contribution in [0.4, 0.5) is 13.2 Å². The molecule has 0 bridgehead atoms. The Kier molecular flexibility index (Phi) is 7.46. The minimum absolute atomic E-state index is 0.0376. The van der Waals surface area contributed by atoms with Crippen LogP contribution in [-0.4, -0.2) is 80.4 Å². The molecule has 158 valence electrons. The first-order valence-electron chi connectivity index (χ1n) is 9.27. The van der Waals surface area contributed by atoms with Crippen molar-refractivity contribution >= 4 is 15.9 Å². The molecule has 6 nitrogen and oxygen atoms in total. The SMILES string of the molecule is CCN(CC)S(=O)(=O)c1cccc(C(=O)N2CCCN(CC(F)(F)F)CC2)c1. The van der Waals surface area contributed by atoms with Crippen molar-refractivity contribution < 1.29 is 26.4 Å². The number of sulfonamides is 1. The third-order valence-electron chi connectivity index (χ3n) is 4.70. The molecule has 0 unspecified atom stereocenters. The van der Waals surface area contributed by atoms with Gasteiger partial charge in [-0.2, -0.15) is 17.5 Å². The Bertz CT molecular complexity index is 780. The monoisotopic (exact) mass is 421 g/mol. The van der Waals surface area contributed by atoms with E-state index in [9.17, 15) is 26.4 Å². The maximum Gasteiger partial charge on any atom is 0.401 e. The topological polar surface area (TPSA) is 60.9 Å². The molecule has 10 heteroatoms. The summed E-state index contributed by atoms with van der Waals surface area (Å²) in [5, 5.41) is 0. The average molecular weight is 421 g/mol. The van der Waals surface area contributed by atoms with Gasteiger partial charge in [-0.3, -0.25) is 9.69 Å². The van der Waals surface area contributed by atoms with E-state index in [1.165, 1.54) is 38.4 Å². The molecule has 1 aromatic carbocycles. The summed E-state index contributed by atoms with van der Waals surface area (Å²) in [4.78, 5) is 15.6. The van der Waals surface area contributed by atoms with Crippen LogP contribution in [-0.2, 0) is 10.0 Å². The fraction of sp³-hybridized carbons (Fsp3) is 0.611. The summed E-state index contributed by atoms with van der Waals surface area (Å²) in [6.45, 7) is 4.01. The highest BCUT2D eigenvalue weighted by Crippen LogP contribution is 2.20. The third kappa shape index (κ3) is 5.68. The Morgan fingerprint density at radius 1 is 1.11 bits per heavy atom. The fourth-order valence-electron chi connectivity index (χ4n) is 3.27. The van der Waals surface area contributed by atoms with Crippen molar-refractivity contribution in [1.29, 1.82) is 0 Å².